The summed E-state index contributed by atoms with van der Waals surface area (Å²) in [5, 5.41) is 8.05. The average Bonchev–Trinajstić information content (AvgIpc) is 3.06. The maximum atomic E-state index is 12.0. The normalized spacial score (nSPS) is 19.5. The van der Waals surface area contributed by atoms with Crippen LogP contribution in [0.1, 0.15) is 36.0 Å². The number of nitrogens with two attached hydrogens (primary N) is 2. The second-order valence-corrected chi connectivity index (χ2v) is 7.61. The Kier molecular flexibility index (Phi) is 4.96. The van der Waals surface area contributed by atoms with Crippen LogP contribution in [-0.4, -0.2) is 22.6 Å². The van der Waals surface area contributed by atoms with Gasteiger partial charge in [0.05, 0.1) is 11.3 Å². The van der Waals surface area contributed by atoms with Gasteiger partial charge < -0.3 is 26.7 Å². The Morgan fingerprint density at radius 3 is 2.71 bits per heavy atom. The number of hydrogen-bond acceptors (Lipinski definition) is 4. The van der Waals surface area contributed by atoms with Crippen LogP contribution in [0.3, 0.4) is 0 Å². The van der Waals surface area contributed by atoms with Crippen molar-refractivity contribution in [3.8, 4) is 0 Å². The van der Waals surface area contributed by atoms with E-state index >= 15 is 0 Å². The Hall–Kier alpha value is -2.99. The van der Waals surface area contributed by atoms with E-state index in [0.29, 0.717) is 11.3 Å². The van der Waals surface area contributed by atoms with Crippen LogP contribution in [0.4, 0.5) is 17.1 Å². The molecule has 0 spiro atoms. The van der Waals surface area contributed by atoms with Gasteiger partial charge in [-0.3, -0.25) is 4.79 Å². The number of primary amides is 1. The highest BCUT2D eigenvalue weighted by atomic mass is 16.1. The summed E-state index contributed by atoms with van der Waals surface area (Å²) < 4.78 is 2.07. The monoisotopic (exact) mass is 377 g/mol. The van der Waals surface area contributed by atoms with Gasteiger partial charge in [0.1, 0.15) is 0 Å². The van der Waals surface area contributed by atoms with Gasteiger partial charge in [-0.1, -0.05) is 18.9 Å². The number of aryl methyl sites for hydroxylation is 1. The van der Waals surface area contributed by atoms with Gasteiger partial charge in [-0.15, -0.1) is 0 Å². The number of nitrogens with zero attached hydrogens (tertiary/aromatic N) is 1. The van der Waals surface area contributed by atoms with Crippen molar-refractivity contribution < 1.29 is 4.79 Å². The fourth-order valence-corrected chi connectivity index (χ4v) is 4.06. The number of fused-ring (bicyclic) bond motifs is 1. The van der Waals surface area contributed by atoms with Crippen LogP contribution in [0.15, 0.2) is 48.7 Å². The highest BCUT2D eigenvalue weighted by Gasteiger charge is 2.22. The fraction of sp³-hybridized carbons (Fsp3) is 0.318. The van der Waals surface area contributed by atoms with Gasteiger partial charge in [-0.25, -0.2) is 0 Å². The third-order valence-electron chi connectivity index (χ3n) is 5.65. The van der Waals surface area contributed by atoms with E-state index in [2.05, 4.69) is 27.3 Å². The number of hydrogen-bond donors (Lipinski definition) is 4. The quantitative estimate of drug-likeness (QED) is 0.545. The molecular formula is C22H27N5O. The van der Waals surface area contributed by atoms with Gasteiger partial charge in [-0.2, -0.15) is 0 Å². The van der Waals surface area contributed by atoms with E-state index in [0.717, 1.165) is 35.1 Å². The summed E-state index contributed by atoms with van der Waals surface area (Å²) in [5.41, 5.74) is 16.0. The van der Waals surface area contributed by atoms with Gasteiger partial charge in [0, 0.05) is 47.6 Å². The van der Waals surface area contributed by atoms with E-state index in [9.17, 15) is 4.79 Å². The van der Waals surface area contributed by atoms with Gasteiger partial charge in [0.25, 0.3) is 5.91 Å². The lowest BCUT2D eigenvalue weighted by Crippen LogP contribution is -2.42. The Labute approximate surface area is 164 Å². The van der Waals surface area contributed by atoms with Crippen molar-refractivity contribution in [2.24, 2.45) is 18.5 Å². The molecule has 1 aromatic heterocycles. The lowest BCUT2D eigenvalue weighted by Gasteiger charge is -2.30. The number of aromatic nitrogens is 1. The molecule has 0 bridgehead atoms. The zero-order chi connectivity index (χ0) is 19.7. The molecule has 0 saturated heterocycles. The summed E-state index contributed by atoms with van der Waals surface area (Å²) in [6.07, 6.45) is 6.50. The summed E-state index contributed by atoms with van der Waals surface area (Å²) >= 11 is 0. The van der Waals surface area contributed by atoms with Gasteiger partial charge >= 0.3 is 0 Å². The minimum atomic E-state index is -0.455. The third-order valence-corrected chi connectivity index (χ3v) is 5.65. The minimum Gasteiger partial charge on any atom is -0.381 e. The molecule has 2 atom stereocenters. The lowest BCUT2D eigenvalue weighted by molar-refractivity contribution is 0.100. The van der Waals surface area contributed by atoms with E-state index in [1.54, 1.807) is 6.07 Å². The van der Waals surface area contributed by atoms with Crippen molar-refractivity contribution in [2.75, 3.05) is 10.6 Å². The van der Waals surface area contributed by atoms with E-state index in [4.69, 9.17) is 11.5 Å². The summed E-state index contributed by atoms with van der Waals surface area (Å²) in [7, 11) is 2.01. The van der Waals surface area contributed by atoms with Crippen LogP contribution in [0.2, 0.25) is 0 Å². The first-order chi connectivity index (χ1) is 13.5. The molecule has 6 N–H and O–H groups in total. The summed E-state index contributed by atoms with van der Waals surface area (Å²) in [6, 6.07) is 14.1. The minimum absolute atomic E-state index is 0.152. The molecule has 0 unspecified atom stereocenters. The Balaban J connectivity index is 1.67. The maximum absolute atomic E-state index is 12.0. The summed E-state index contributed by atoms with van der Waals surface area (Å²) in [6.45, 7) is 0. The Bertz CT molecular complexity index is 1010. The molecule has 0 aliphatic heterocycles. The molecule has 6 nitrogen and oxygen atoms in total. The zero-order valence-electron chi connectivity index (χ0n) is 16.1. The van der Waals surface area contributed by atoms with Crippen LogP contribution in [0, 0.1) is 0 Å². The molecule has 1 aliphatic rings. The maximum Gasteiger partial charge on any atom is 0.250 e. The zero-order valence-corrected chi connectivity index (χ0v) is 16.1. The first-order valence-electron chi connectivity index (χ1n) is 9.80. The molecule has 0 radical (unpaired) electrons. The van der Waals surface area contributed by atoms with Crippen LogP contribution < -0.4 is 22.1 Å². The van der Waals surface area contributed by atoms with Crippen molar-refractivity contribution in [2.45, 2.75) is 37.8 Å². The van der Waals surface area contributed by atoms with E-state index in [-0.39, 0.29) is 12.1 Å². The third kappa shape index (κ3) is 3.55. The van der Waals surface area contributed by atoms with Crippen molar-refractivity contribution in [3.63, 3.8) is 0 Å². The van der Waals surface area contributed by atoms with Crippen molar-refractivity contribution >= 4 is 33.9 Å². The predicted octanol–water partition coefficient (Wildman–Crippen LogP) is 3.70. The highest BCUT2D eigenvalue weighted by molar-refractivity contribution is 6.02. The van der Waals surface area contributed by atoms with Crippen molar-refractivity contribution in [1.82, 2.24) is 4.57 Å². The highest BCUT2D eigenvalue weighted by Crippen LogP contribution is 2.31. The van der Waals surface area contributed by atoms with Crippen LogP contribution in [0.5, 0.6) is 0 Å². The molecule has 2 aromatic carbocycles. The topological polar surface area (TPSA) is 98.1 Å². The SMILES string of the molecule is Cn1ccc2c(Nc3cc(N[C@@H]4CCCC[C@@H]4N)ccc3C(N)=O)cccc21. The molecule has 3 aromatic rings. The molecule has 146 valence electrons. The smallest absolute Gasteiger partial charge is 0.250 e. The number of carbonyl (C=O) groups is 1. The summed E-state index contributed by atoms with van der Waals surface area (Å²) in [4.78, 5) is 12.0. The molecule has 4 rings (SSSR count). The molecule has 1 heterocycles. The fourth-order valence-electron chi connectivity index (χ4n) is 4.06. The number of anilines is 3. The van der Waals surface area contributed by atoms with Gasteiger partial charge in [0.15, 0.2) is 0 Å². The molecule has 6 heteroatoms. The van der Waals surface area contributed by atoms with Crippen LogP contribution in [-0.2, 0) is 7.05 Å². The van der Waals surface area contributed by atoms with Crippen molar-refractivity contribution in [1.29, 1.82) is 0 Å². The number of benzene rings is 2. The van der Waals surface area contributed by atoms with Gasteiger partial charge in [0.2, 0.25) is 0 Å². The Morgan fingerprint density at radius 1 is 1.11 bits per heavy atom. The van der Waals surface area contributed by atoms with Crippen molar-refractivity contribution in [3.05, 3.63) is 54.2 Å². The largest absolute Gasteiger partial charge is 0.381 e. The van der Waals surface area contributed by atoms with Crippen LogP contribution in [0.25, 0.3) is 10.9 Å². The Morgan fingerprint density at radius 2 is 1.93 bits per heavy atom. The second kappa shape index (κ2) is 7.56. The molecule has 1 saturated carbocycles. The first kappa shape index (κ1) is 18.4. The first-order valence-corrected chi connectivity index (χ1v) is 9.80. The standard InChI is InChI=1S/C22H27N5O/c1-27-12-11-15-18(7-4-8-21(15)27)26-20-13-14(9-10-16(20)22(24)28)25-19-6-3-2-5-17(19)23/h4,7-13,17,19,25-26H,2-3,5-6,23H2,1H3,(H2,24,28)/t17-,19+/m0/s1. The molecule has 1 amide bonds. The van der Waals surface area contributed by atoms with Crippen LogP contribution >= 0.6 is 0 Å². The molecular weight excluding hydrogens is 350 g/mol. The second-order valence-electron chi connectivity index (χ2n) is 7.61. The van der Waals surface area contributed by atoms with E-state index in [1.165, 1.54) is 12.8 Å². The van der Waals surface area contributed by atoms with E-state index < -0.39 is 5.91 Å². The predicted molar refractivity (Wildman–Crippen MR) is 115 cm³/mol. The number of nitrogens with one attached hydrogen (secondary N) is 2. The molecule has 1 aliphatic carbocycles. The number of carbonyl (C=O) groups excluding carboxylic acids is 1. The molecule has 28 heavy (non-hydrogen) atoms. The number of amides is 1. The lowest BCUT2D eigenvalue weighted by atomic mass is 9.91. The molecule has 1 fully saturated rings. The average molecular weight is 377 g/mol. The number of rotatable bonds is 5. The van der Waals surface area contributed by atoms with Gasteiger partial charge in [-0.05, 0) is 49.2 Å². The van der Waals surface area contributed by atoms with E-state index in [1.807, 2.05) is 37.5 Å². The summed E-state index contributed by atoms with van der Waals surface area (Å²) in [5.74, 6) is -0.455.